The first kappa shape index (κ1) is 26.1. The van der Waals surface area contributed by atoms with Crippen LogP contribution in [0.5, 0.6) is 11.5 Å². The summed E-state index contributed by atoms with van der Waals surface area (Å²) in [6, 6.07) is 14.7. The van der Waals surface area contributed by atoms with Gasteiger partial charge in [-0.2, -0.15) is 0 Å². The van der Waals surface area contributed by atoms with Crippen molar-refractivity contribution in [2.45, 2.75) is 12.5 Å². The fourth-order valence-electron chi connectivity index (χ4n) is 4.20. The van der Waals surface area contributed by atoms with Gasteiger partial charge in [0.25, 0.3) is 11.7 Å². The molecular weight excluding hydrogens is 521 g/mol. The van der Waals surface area contributed by atoms with Crippen molar-refractivity contribution in [3.05, 3.63) is 93.0 Å². The number of carboxylic acids is 1. The van der Waals surface area contributed by atoms with Crippen LogP contribution in [0, 0.1) is 0 Å². The molecule has 1 atom stereocenters. The number of halogens is 2. The van der Waals surface area contributed by atoms with Gasteiger partial charge in [-0.1, -0.05) is 47.5 Å². The first-order chi connectivity index (χ1) is 17.7. The van der Waals surface area contributed by atoms with Crippen LogP contribution < -0.4 is 14.4 Å². The van der Waals surface area contributed by atoms with Crippen molar-refractivity contribution in [2.24, 2.45) is 0 Å². The number of benzene rings is 3. The second-order valence-electron chi connectivity index (χ2n) is 8.15. The van der Waals surface area contributed by atoms with Crippen molar-refractivity contribution in [3.8, 4) is 11.5 Å². The smallest absolute Gasteiger partial charge is 0.307 e. The van der Waals surface area contributed by atoms with Gasteiger partial charge in [-0.25, -0.2) is 0 Å². The van der Waals surface area contributed by atoms with Crippen molar-refractivity contribution in [1.29, 1.82) is 0 Å². The number of Topliss-reactive ketones (excluding diaryl/α,β-unsaturated/α-hetero) is 1. The molecule has 0 bridgehead atoms. The predicted molar refractivity (Wildman–Crippen MR) is 139 cm³/mol. The van der Waals surface area contributed by atoms with Crippen LogP contribution in [0.2, 0.25) is 10.0 Å². The Hall–Kier alpha value is -4.01. The zero-order chi connectivity index (χ0) is 26.9. The zero-order valence-electron chi connectivity index (χ0n) is 19.7. The molecule has 190 valence electrons. The molecule has 3 aromatic rings. The Bertz CT molecular complexity index is 1390. The van der Waals surface area contributed by atoms with Crippen molar-refractivity contribution in [1.82, 2.24) is 0 Å². The van der Waals surface area contributed by atoms with E-state index in [-0.39, 0.29) is 33.4 Å². The fraction of sp³-hybridized carbons (Fsp3) is 0.148. The zero-order valence-corrected chi connectivity index (χ0v) is 21.2. The quantitative estimate of drug-likeness (QED) is 0.238. The number of methoxy groups -OCH3 is 2. The molecular formula is C27H21Cl2NO7. The number of aliphatic hydroxyl groups excluding tert-OH is 1. The predicted octanol–water partition coefficient (Wildman–Crippen LogP) is 5.26. The second-order valence-corrected chi connectivity index (χ2v) is 8.97. The number of amides is 1. The molecule has 2 N–H and O–H groups in total. The maximum absolute atomic E-state index is 13.3. The monoisotopic (exact) mass is 541 g/mol. The maximum atomic E-state index is 13.3. The van der Waals surface area contributed by atoms with Crippen molar-refractivity contribution < 1.29 is 34.1 Å². The highest BCUT2D eigenvalue weighted by atomic mass is 35.5. The van der Waals surface area contributed by atoms with Gasteiger partial charge in [0, 0.05) is 11.3 Å². The first-order valence-corrected chi connectivity index (χ1v) is 11.7. The van der Waals surface area contributed by atoms with E-state index < -0.39 is 29.5 Å². The van der Waals surface area contributed by atoms with Gasteiger partial charge in [0.15, 0.2) is 5.75 Å². The molecule has 1 fully saturated rings. The lowest BCUT2D eigenvalue weighted by Gasteiger charge is -2.26. The molecule has 0 spiro atoms. The normalized spacial score (nSPS) is 16.6. The maximum Gasteiger partial charge on any atom is 0.307 e. The minimum Gasteiger partial charge on any atom is -0.507 e. The molecule has 1 heterocycles. The number of aliphatic hydroxyl groups is 1. The summed E-state index contributed by atoms with van der Waals surface area (Å²) in [5.41, 5.74) is 1.37. The van der Waals surface area contributed by atoms with E-state index in [1.54, 1.807) is 48.5 Å². The number of ketones is 1. The van der Waals surface area contributed by atoms with E-state index in [2.05, 4.69) is 0 Å². The minimum atomic E-state index is -1.00. The average Bonchev–Trinajstić information content (AvgIpc) is 3.14. The summed E-state index contributed by atoms with van der Waals surface area (Å²) in [6.45, 7) is 0. The van der Waals surface area contributed by atoms with Gasteiger partial charge in [0.1, 0.15) is 11.5 Å². The Morgan fingerprint density at radius 3 is 2.03 bits per heavy atom. The molecule has 10 heteroatoms. The third kappa shape index (κ3) is 4.98. The number of rotatable bonds is 7. The van der Waals surface area contributed by atoms with E-state index in [0.29, 0.717) is 22.6 Å². The van der Waals surface area contributed by atoms with Crippen molar-refractivity contribution >= 4 is 52.3 Å². The Morgan fingerprint density at radius 2 is 1.51 bits per heavy atom. The van der Waals surface area contributed by atoms with E-state index in [1.807, 2.05) is 0 Å². The van der Waals surface area contributed by atoms with Crippen LogP contribution in [0.3, 0.4) is 0 Å². The summed E-state index contributed by atoms with van der Waals surface area (Å²) in [7, 11) is 2.90. The number of ether oxygens (including phenoxy) is 2. The number of aliphatic carboxylic acids is 1. The summed E-state index contributed by atoms with van der Waals surface area (Å²) >= 11 is 12.5. The Kier molecular flexibility index (Phi) is 7.42. The Morgan fingerprint density at radius 1 is 0.919 bits per heavy atom. The van der Waals surface area contributed by atoms with Gasteiger partial charge in [0.2, 0.25) is 0 Å². The van der Waals surface area contributed by atoms with Crippen LogP contribution in [-0.2, 0) is 20.8 Å². The standard InChI is InChI=1S/C27H21Cl2NO7/c1-36-18-9-5-15(6-10-18)23-22(24(33)16-12-19(28)26(37-2)20(29)13-16)25(34)27(35)30(23)17-7-3-14(4-8-17)11-21(31)32/h3-10,12-13,23,33H,11H2,1-2H3,(H,31,32)/b24-22+. The number of nitrogens with zero attached hydrogens (tertiary/aromatic N) is 1. The fourth-order valence-corrected chi connectivity index (χ4v) is 4.84. The number of carboxylic acid groups (broad SMARTS) is 1. The lowest BCUT2D eigenvalue weighted by molar-refractivity contribution is -0.136. The number of anilines is 1. The topological polar surface area (TPSA) is 113 Å². The van der Waals surface area contributed by atoms with E-state index in [1.165, 1.54) is 31.3 Å². The molecule has 1 unspecified atom stereocenters. The minimum absolute atomic E-state index is 0.112. The third-order valence-electron chi connectivity index (χ3n) is 5.92. The van der Waals surface area contributed by atoms with Crippen LogP contribution in [0.4, 0.5) is 5.69 Å². The van der Waals surface area contributed by atoms with Gasteiger partial charge in [-0.05, 0) is 47.5 Å². The Balaban J connectivity index is 1.90. The Labute approximate surface area is 222 Å². The summed E-state index contributed by atoms with van der Waals surface area (Å²) in [6.07, 6.45) is -0.194. The number of carbonyl (C=O) groups is 3. The molecule has 1 aliphatic heterocycles. The molecule has 0 aliphatic carbocycles. The van der Waals surface area contributed by atoms with Gasteiger partial charge in [-0.15, -0.1) is 0 Å². The van der Waals surface area contributed by atoms with E-state index in [0.717, 1.165) is 0 Å². The number of hydrogen-bond acceptors (Lipinski definition) is 6. The second kappa shape index (κ2) is 10.5. The molecule has 3 aromatic carbocycles. The van der Waals surface area contributed by atoms with Crippen LogP contribution in [-0.4, -0.2) is 42.1 Å². The van der Waals surface area contributed by atoms with E-state index >= 15 is 0 Å². The molecule has 1 aliphatic rings. The highest BCUT2D eigenvalue weighted by molar-refractivity contribution is 6.51. The lowest BCUT2D eigenvalue weighted by atomic mass is 9.95. The molecule has 37 heavy (non-hydrogen) atoms. The van der Waals surface area contributed by atoms with E-state index in [4.69, 9.17) is 37.8 Å². The van der Waals surface area contributed by atoms with Crippen LogP contribution in [0.25, 0.3) is 5.76 Å². The summed E-state index contributed by atoms with van der Waals surface area (Å²) in [4.78, 5) is 38.9. The summed E-state index contributed by atoms with van der Waals surface area (Å²) in [5, 5.41) is 20.6. The van der Waals surface area contributed by atoms with Crippen molar-refractivity contribution in [3.63, 3.8) is 0 Å². The molecule has 1 saturated heterocycles. The summed E-state index contributed by atoms with van der Waals surface area (Å²) in [5.74, 6) is -2.46. The molecule has 0 saturated carbocycles. The highest BCUT2D eigenvalue weighted by Gasteiger charge is 2.47. The first-order valence-electron chi connectivity index (χ1n) is 10.9. The van der Waals surface area contributed by atoms with Crippen LogP contribution in [0.15, 0.2) is 66.2 Å². The molecule has 0 radical (unpaired) electrons. The number of hydrogen-bond donors (Lipinski definition) is 2. The molecule has 0 aromatic heterocycles. The average molecular weight is 542 g/mol. The van der Waals surface area contributed by atoms with Gasteiger partial charge in [-0.3, -0.25) is 19.3 Å². The van der Waals surface area contributed by atoms with Gasteiger partial charge < -0.3 is 19.7 Å². The van der Waals surface area contributed by atoms with Gasteiger partial charge >= 0.3 is 5.97 Å². The lowest BCUT2D eigenvalue weighted by Crippen LogP contribution is -2.29. The highest BCUT2D eigenvalue weighted by Crippen LogP contribution is 2.44. The van der Waals surface area contributed by atoms with Crippen LogP contribution in [0.1, 0.15) is 22.7 Å². The SMILES string of the molecule is COc1ccc(C2/C(=C(\O)c3cc(Cl)c(OC)c(Cl)c3)C(=O)C(=O)N2c2ccc(CC(=O)O)cc2)cc1. The molecule has 1 amide bonds. The van der Waals surface area contributed by atoms with E-state index in [9.17, 15) is 19.5 Å². The van der Waals surface area contributed by atoms with Crippen molar-refractivity contribution in [2.75, 3.05) is 19.1 Å². The largest absolute Gasteiger partial charge is 0.507 e. The summed E-state index contributed by atoms with van der Waals surface area (Å²) < 4.78 is 10.4. The molecule has 4 rings (SSSR count). The molecule has 8 nitrogen and oxygen atoms in total. The number of carbonyl (C=O) groups excluding carboxylic acids is 2. The van der Waals surface area contributed by atoms with Gasteiger partial charge in [0.05, 0.1) is 42.3 Å². The third-order valence-corrected chi connectivity index (χ3v) is 6.48. The van der Waals surface area contributed by atoms with Crippen LogP contribution >= 0.6 is 23.2 Å².